The Kier molecular flexibility index (Phi) is 11.1. The van der Waals surface area contributed by atoms with E-state index in [9.17, 15) is 18.4 Å². The number of likely N-dealkylation sites (N-methyl/N-ethyl adjacent to an activating group) is 1. The monoisotopic (exact) mass is 512 g/mol. The highest BCUT2D eigenvalue weighted by Crippen LogP contribution is 2.34. The molecule has 3 atom stereocenters. The Bertz CT molecular complexity index is 835. The van der Waals surface area contributed by atoms with Crippen molar-refractivity contribution >= 4 is 12.1 Å². The van der Waals surface area contributed by atoms with Gasteiger partial charge >= 0.3 is 12.1 Å². The second kappa shape index (κ2) is 14.3. The topological polar surface area (TPSA) is 112 Å². The van der Waals surface area contributed by atoms with Crippen molar-refractivity contribution in [1.82, 2.24) is 20.9 Å². The largest absolute Gasteiger partial charge is 0.465 e. The average molecular weight is 513 g/mol. The molecule has 3 rings (SSSR count). The summed E-state index contributed by atoms with van der Waals surface area (Å²) in [6, 6.07) is 3.08. The molecular formula is C25H38F2N4O5. The zero-order chi connectivity index (χ0) is 25.9. The number of carboxylic acid groups (broad SMARTS) is 1. The lowest BCUT2D eigenvalue weighted by Gasteiger charge is -2.38. The van der Waals surface area contributed by atoms with Crippen LogP contribution in [0.2, 0.25) is 0 Å². The van der Waals surface area contributed by atoms with Gasteiger partial charge in [0.15, 0.2) is 0 Å². The van der Waals surface area contributed by atoms with E-state index in [1.54, 1.807) is 4.90 Å². The first-order valence-electron chi connectivity index (χ1n) is 12.7. The van der Waals surface area contributed by atoms with Crippen LogP contribution in [0.3, 0.4) is 0 Å². The normalized spacial score (nSPS) is 20.5. The van der Waals surface area contributed by atoms with E-state index in [1.165, 1.54) is 12.1 Å². The molecule has 0 radical (unpaired) electrons. The Morgan fingerprint density at radius 2 is 1.92 bits per heavy atom. The third-order valence-corrected chi connectivity index (χ3v) is 6.80. The molecule has 36 heavy (non-hydrogen) atoms. The quantitative estimate of drug-likeness (QED) is 0.339. The minimum absolute atomic E-state index is 0.0163. The van der Waals surface area contributed by atoms with Crippen molar-refractivity contribution in [2.24, 2.45) is 11.8 Å². The average Bonchev–Trinajstić information content (AvgIpc) is 2.84. The van der Waals surface area contributed by atoms with Crippen LogP contribution in [0.1, 0.15) is 43.8 Å². The number of benzene rings is 1. The van der Waals surface area contributed by atoms with E-state index in [0.29, 0.717) is 37.5 Å². The second-order valence-corrected chi connectivity index (χ2v) is 9.57. The maximum absolute atomic E-state index is 14.0. The molecule has 3 amide bonds. The fraction of sp³-hybridized carbons (Fsp3) is 0.680. The van der Waals surface area contributed by atoms with Crippen LogP contribution >= 0.6 is 0 Å². The molecule has 1 aromatic carbocycles. The number of carbonyl (C=O) groups is 2. The maximum atomic E-state index is 14.0. The summed E-state index contributed by atoms with van der Waals surface area (Å²) in [5.74, 6) is -1.12. The third kappa shape index (κ3) is 8.86. The number of halogens is 2. The molecule has 202 valence electrons. The zero-order valence-corrected chi connectivity index (χ0v) is 20.8. The summed E-state index contributed by atoms with van der Waals surface area (Å²) in [6.07, 6.45) is 2.42. The van der Waals surface area contributed by atoms with E-state index in [0.717, 1.165) is 45.0 Å². The lowest BCUT2D eigenvalue weighted by Crippen LogP contribution is -2.52. The molecule has 1 unspecified atom stereocenters. The molecular weight excluding hydrogens is 474 g/mol. The minimum Gasteiger partial charge on any atom is -0.465 e. The smallest absolute Gasteiger partial charge is 0.404 e. The summed E-state index contributed by atoms with van der Waals surface area (Å²) in [7, 11) is 1.86. The van der Waals surface area contributed by atoms with Crippen LogP contribution in [-0.4, -0.2) is 81.2 Å². The van der Waals surface area contributed by atoms with Crippen LogP contribution in [0.15, 0.2) is 18.2 Å². The van der Waals surface area contributed by atoms with Gasteiger partial charge in [0.1, 0.15) is 11.6 Å². The molecule has 2 aliphatic heterocycles. The number of nitrogens with zero attached hydrogens (tertiary/aromatic N) is 1. The molecule has 0 aliphatic carbocycles. The van der Waals surface area contributed by atoms with Gasteiger partial charge in [-0.3, -0.25) is 0 Å². The molecule has 2 saturated heterocycles. The SMILES string of the molecule is CNC[C@H](CC1CCOCC1)NC(=O)N1CCC[C@@H](C(OCCNC(=O)O)c2cc(F)cc(F)c2)C1. The van der Waals surface area contributed by atoms with Crippen molar-refractivity contribution in [1.29, 1.82) is 0 Å². The summed E-state index contributed by atoms with van der Waals surface area (Å²) >= 11 is 0. The molecule has 0 spiro atoms. The van der Waals surface area contributed by atoms with Gasteiger partial charge in [-0.15, -0.1) is 0 Å². The van der Waals surface area contributed by atoms with Gasteiger partial charge in [0.25, 0.3) is 0 Å². The van der Waals surface area contributed by atoms with Crippen LogP contribution in [0.5, 0.6) is 0 Å². The molecule has 0 aromatic heterocycles. The molecule has 1 aromatic rings. The summed E-state index contributed by atoms with van der Waals surface area (Å²) in [5.41, 5.74) is 0.336. The number of nitrogens with one attached hydrogen (secondary N) is 3. The number of piperidine rings is 1. The molecule has 2 aliphatic rings. The van der Waals surface area contributed by atoms with Gasteiger partial charge in [0.2, 0.25) is 0 Å². The van der Waals surface area contributed by atoms with Crippen LogP contribution in [0.4, 0.5) is 18.4 Å². The number of ether oxygens (including phenoxy) is 2. The fourth-order valence-electron chi connectivity index (χ4n) is 5.12. The van der Waals surface area contributed by atoms with E-state index in [1.807, 2.05) is 7.05 Å². The van der Waals surface area contributed by atoms with Gasteiger partial charge in [-0.2, -0.15) is 0 Å². The first-order valence-corrected chi connectivity index (χ1v) is 12.7. The summed E-state index contributed by atoms with van der Waals surface area (Å²) in [6.45, 7) is 3.18. The van der Waals surface area contributed by atoms with Crippen molar-refractivity contribution in [3.63, 3.8) is 0 Å². The summed E-state index contributed by atoms with van der Waals surface area (Å²) in [5, 5.41) is 17.3. The van der Waals surface area contributed by atoms with E-state index in [-0.39, 0.29) is 31.1 Å². The van der Waals surface area contributed by atoms with Gasteiger partial charge in [-0.1, -0.05) is 0 Å². The van der Waals surface area contributed by atoms with Crippen LogP contribution < -0.4 is 16.0 Å². The molecule has 2 fully saturated rings. The van der Waals surface area contributed by atoms with E-state index < -0.39 is 23.8 Å². The van der Waals surface area contributed by atoms with Gasteiger partial charge in [0.05, 0.1) is 12.7 Å². The number of likely N-dealkylation sites (tertiary alicyclic amines) is 1. The number of amides is 3. The molecule has 2 heterocycles. The zero-order valence-electron chi connectivity index (χ0n) is 20.8. The predicted molar refractivity (Wildman–Crippen MR) is 130 cm³/mol. The van der Waals surface area contributed by atoms with Crippen LogP contribution in [0.25, 0.3) is 0 Å². The molecule has 0 saturated carbocycles. The highest BCUT2D eigenvalue weighted by atomic mass is 19.1. The highest BCUT2D eigenvalue weighted by molar-refractivity contribution is 5.74. The Morgan fingerprint density at radius 1 is 1.19 bits per heavy atom. The number of hydrogen-bond acceptors (Lipinski definition) is 5. The Morgan fingerprint density at radius 3 is 2.58 bits per heavy atom. The molecule has 11 heteroatoms. The van der Waals surface area contributed by atoms with Gasteiger partial charge in [0, 0.05) is 57.4 Å². The molecule has 4 N–H and O–H groups in total. The van der Waals surface area contributed by atoms with Gasteiger partial charge in [-0.05, 0) is 62.8 Å². The predicted octanol–water partition coefficient (Wildman–Crippen LogP) is 3.12. The van der Waals surface area contributed by atoms with Gasteiger partial charge < -0.3 is 35.4 Å². The highest BCUT2D eigenvalue weighted by Gasteiger charge is 2.32. The van der Waals surface area contributed by atoms with E-state index >= 15 is 0 Å². The van der Waals surface area contributed by atoms with Crippen molar-refractivity contribution in [2.75, 3.05) is 53.0 Å². The van der Waals surface area contributed by atoms with Gasteiger partial charge in [-0.25, -0.2) is 18.4 Å². The third-order valence-electron chi connectivity index (χ3n) is 6.80. The Balaban J connectivity index is 1.65. The fourth-order valence-corrected chi connectivity index (χ4v) is 5.12. The van der Waals surface area contributed by atoms with Crippen molar-refractivity contribution in [3.05, 3.63) is 35.4 Å². The minimum atomic E-state index is -1.18. The molecule has 0 bridgehead atoms. The molecule has 9 nitrogen and oxygen atoms in total. The first kappa shape index (κ1) is 28.1. The Hall–Kier alpha value is -2.50. The lowest BCUT2D eigenvalue weighted by atomic mass is 9.88. The Labute approximate surface area is 210 Å². The number of hydrogen-bond donors (Lipinski definition) is 4. The summed E-state index contributed by atoms with van der Waals surface area (Å²) < 4.78 is 39.4. The number of urea groups is 1. The van der Waals surface area contributed by atoms with Crippen LogP contribution in [0, 0.1) is 23.5 Å². The summed E-state index contributed by atoms with van der Waals surface area (Å²) in [4.78, 5) is 25.7. The number of rotatable bonds is 11. The standard InChI is InChI=1S/C25H38F2N4O5/c1-28-15-22(11-17-4-8-35-9-5-17)30-24(32)31-7-2-3-18(16-31)23(36-10-6-29-25(33)34)19-12-20(26)14-21(27)13-19/h12-14,17-18,22-23,28-29H,2-11,15-16H2,1H3,(H,30,32)(H,33,34)/t18-,22+,23?/m1/s1. The van der Waals surface area contributed by atoms with Crippen LogP contribution in [-0.2, 0) is 9.47 Å². The second-order valence-electron chi connectivity index (χ2n) is 9.57. The van der Waals surface area contributed by atoms with E-state index in [4.69, 9.17) is 14.6 Å². The maximum Gasteiger partial charge on any atom is 0.404 e. The first-order chi connectivity index (χ1) is 17.4. The lowest BCUT2D eigenvalue weighted by molar-refractivity contribution is -0.00887. The van der Waals surface area contributed by atoms with Crippen molar-refractivity contribution < 1.29 is 33.0 Å². The number of carbonyl (C=O) groups excluding carboxylic acids is 1. The van der Waals surface area contributed by atoms with Crippen molar-refractivity contribution in [3.8, 4) is 0 Å². The van der Waals surface area contributed by atoms with Crippen molar-refractivity contribution in [2.45, 2.75) is 44.2 Å². The van der Waals surface area contributed by atoms with E-state index in [2.05, 4.69) is 16.0 Å².